The molecule has 3 heteroatoms. The van der Waals surface area contributed by atoms with Crippen molar-refractivity contribution >= 4 is 12.0 Å². The number of ether oxygens (including phenoxy) is 1. The van der Waals surface area contributed by atoms with E-state index >= 15 is 0 Å². The molecule has 2 nitrogen and oxygen atoms in total. The molecule has 0 N–H and O–H groups in total. The molecule has 1 fully saturated rings. The van der Waals surface area contributed by atoms with Crippen molar-refractivity contribution in [1.29, 1.82) is 0 Å². The monoisotopic (exact) mass is 120 g/mol. The van der Waals surface area contributed by atoms with Crippen molar-refractivity contribution in [2.24, 2.45) is 0 Å². The summed E-state index contributed by atoms with van der Waals surface area (Å²) in [5.74, 6) is 0.958. The molecule has 42 valence electrons. The molecule has 7 heavy (non-hydrogen) atoms. The zero-order valence-corrected chi connectivity index (χ0v) is 5.03. The second-order valence-electron chi connectivity index (χ2n) is 1.50. The van der Waals surface area contributed by atoms with Crippen molar-refractivity contribution in [3.05, 3.63) is 0 Å². The highest BCUT2D eigenvalue weighted by atomic mass is 32.2. The van der Waals surface area contributed by atoms with Crippen LogP contribution in [0, 0.1) is 0 Å². The van der Waals surface area contributed by atoms with Crippen molar-refractivity contribution in [3.63, 3.8) is 0 Å². The molecule has 1 atom stereocenters. The van der Waals surface area contributed by atoms with Gasteiger partial charge in [-0.3, -0.25) is 4.18 Å². The molecule has 0 aromatic heterocycles. The summed E-state index contributed by atoms with van der Waals surface area (Å²) in [5, 5.41) is 0. The van der Waals surface area contributed by atoms with Crippen molar-refractivity contribution in [2.45, 2.75) is 13.0 Å². The molecule has 0 aromatic rings. The highest BCUT2D eigenvalue weighted by Gasteiger charge is 2.07. The highest BCUT2D eigenvalue weighted by molar-refractivity contribution is 7.94. The first-order valence-corrected chi connectivity index (χ1v) is 3.16. The SMILES string of the molecule is CC1CSOCO1. The topological polar surface area (TPSA) is 18.5 Å². The van der Waals surface area contributed by atoms with E-state index in [9.17, 15) is 0 Å². The molecule has 1 saturated heterocycles. The van der Waals surface area contributed by atoms with Gasteiger partial charge in [0.2, 0.25) is 0 Å². The van der Waals surface area contributed by atoms with Gasteiger partial charge in [0.05, 0.1) is 6.10 Å². The molecule has 0 radical (unpaired) electrons. The van der Waals surface area contributed by atoms with E-state index in [1.54, 1.807) is 0 Å². The van der Waals surface area contributed by atoms with Crippen LogP contribution in [0.15, 0.2) is 0 Å². The summed E-state index contributed by atoms with van der Waals surface area (Å²) in [5.41, 5.74) is 0. The van der Waals surface area contributed by atoms with E-state index in [4.69, 9.17) is 8.92 Å². The van der Waals surface area contributed by atoms with Crippen molar-refractivity contribution < 1.29 is 8.92 Å². The third kappa shape index (κ3) is 1.67. The average Bonchev–Trinajstić information content (AvgIpc) is 1.69. The predicted octanol–water partition coefficient (Wildman–Crippen LogP) is 1.03. The molecule has 0 amide bonds. The lowest BCUT2D eigenvalue weighted by Gasteiger charge is -2.16. The lowest BCUT2D eigenvalue weighted by Crippen LogP contribution is -2.17. The molecule has 0 aromatic carbocycles. The van der Waals surface area contributed by atoms with Gasteiger partial charge in [0.25, 0.3) is 0 Å². The van der Waals surface area contributed by atoms with Gasteiger partial charge >= 0.3 is 0 Å². The van der Waals surface area contributed by atoms with Gasteiger partial charge in [0.1, 0.15) is 0 Å². The molecule has 1 unspecified atom stereocenters. The Hall–Kier alpha value is 0.270. The van der Waals surface area contributed by atoms with Crippen LogP contribution in [0.4, 0.5) is 0 Å². The minimum absolute atomic E-state index is 0.374. The van der Waals surface area contributed by atoms with Gasteiger partial charge in [-0.15, -0.1) is 0 Å². The third-order valence-electron chi connectivity index (χ3n) is 0.787. The minimum atomic E-state index is 0.374. The second-order valence-corrected chi connectivity index (χ2v) is 2.30. The van der Waals surface area contributed by atoms with Crippen LogP contribution in [0.1, 0.15) is 6.92 Å². The smallest absolute Gasteiger partial charge is 0.160 e. The van der Waals surface area contributed by atoms with Gasteiger partial charge in [-0.25, -0.2) is 0 Å². The van der Waals surface area contributed by atoms with E-state index in [-0.39, 0.29) is 0 Å². The van der Waals surface area contributed by atoms with Crippen LogP contribution in [0.5, 0.6) is 0 Å². The minimum Gasteiger partial charge on any atom is -0.350 e. The molecule has 0 saturated carbocycles. The van der Waals surface area contributed by atoms with E-state index < -0.39 is 0 Å². The average molecular weight is 120 g/mol. The summed E-state index contributed by atoms with van der Waals surface area (Å²) in [6.45, 7) is 2.49. The fourth-order valence-electron chi connectivity index (χ4n) is 0.370. The fourth-order valence-corrected chi connectivity index (χ4v) is 0.878. The molecule has 1 rings (SSSR count). The summed E-state index contributed by atoms with van der Waals surface area (Å²) >= 11 is 1.48. The standard InChI is InChI=1S/C4H8O2S/c1-4-2-7-6-3-5-4/h4H,2-3H2,1H3. The van der Waals surface area contributed by atoms with E-state index in [0.717, 1.165) is 5.75 Å². The summed E-state index contributed by atoms with van der Waals surface area (Å²) in [6, 6.07) is 0. The van der Waals surface area contributed by atoms with Crippen LogP contribution in [0.3, 0.4) is 0 Å². The molecule has 0 aliphatic carbocycles. The van der Waals surface area contributed by atoms with Gasteiger partial charge in [-0.05, 0) is 19.0 Å². The van der Waals surface area contributed by atoms with Crippen molar-refractivity contribution in [2.75, 3.05) is 12.5 Å². The first-order chi connectivity index (χ1) is 3.39. The van der Waals surface area contributed by atoms with E-state index in [1.165, 1.54) is 12.0 Å². The maximum Gasteiger partial charge on any atom is 0.160 e. The molecular formula is C4H8O2S. The maximum atomic E-state index is 5.03. The van der Waals surface area contributed by atoms with Crippen LogP contribution < -0.4 is 0 Å². The zero-order valence-electron chi connectivity index (χ0n) is 4.22. The van der Waals surface area contributed by atoms with Gasteiger partial charge in [-0.1, -0.05) is 0 Å². The first kappa shape index (κ1) is 5.41. The van der Waals surface area contributed by atoms with Crippen LogP contribution in [-0.2, 0) is 8.92 Å². The molecule has 0 spiro atoms. The van der Waals surface area contributed by atoms with Gasteiger partial charge in [-0.2, -0.15) is 0 Å². The molecule has 1 aliphatic heterocycles. The van der Waals surface area contributed by atoms with Crippen molar-refractivity contribution in [3.8, 4) is 0 Å². The Morgan fingerprint density at radius 1 is 1.71 bits per heavy atom. The Balaban J connectivity index is 2.12. The van der Waals surface area contributed by atoms with Crippen molar-refractivity contribution in [1.82, 2.24) is 0 Å². The van der Waals surface area contributed by atoms with E-state index in [0.29, 0.717) is 12.9 Å². The first-order valence-electron chi connectivity index (χ1n) is 2.25. The number of rotatable bonds is 0. The largest absolute Gasteiger partial charge is 0.350 e. The van der Waals surface area contributed by atoms with E-state index in [1.807, 2.05) is 6.92 Å². The third-order valence-corrected chi connectivity index (χ3v) is 1.66. The van der Waals surface area contributed by atoms with Crippen LogP contribution in [0.2, 0.25) is 0 Å². The van der Waals surface area contributed by atoms with E-state index in [2.05, 4.69) is 0 Å². The summed E-state index contributed by atoms with van der Waals surface area (Å²) in [7, 11) is 0. The quantitative estimate of drug-likeness (QED) is 0.445. The highest BCUT2D eigenvalue weighted by Crippen LogP contribution is 2.12. The molecule has 0 bridgehead atoms. The van der Waals surface area contributed by atoms with Crippen LogP contribution in [-0.4, -0.2) is 18.6 Å². The lowest BCUT2D eigenvalue weighted by molar-refractivity contribution is -0.0225. The lowest BCUT2D eigenvalue weighted by atomic mass is 10.5. The van der Waals surface area contributed by atoms with Crippen LogP contribution >= 0.6 is 12.0 Å². The number of hydrogen-bond acceptors (Lipinski definition) is 3. The van der Waals surface area contributed by atoms with Gasteiger partial charge in [0, 0.05) is 5.75 Å². The fraction of sp³-hybridized carbons (Fsp3) is 1.00. The Kier molecular flexibility index (Phi) is 1.97. The van der Waals surface area contributed by atoms with Gasteiger partial charge < -0.3 is 4.74 Å². The Labute approximate surface area is 47.4 Å². The maximum absolute atomic E-state index is 5.03. The molecule has 1 aliphatic rings. The normalized spacial score (nSPS) is 33.0. The van der Waals surface area contributed by atoms with Gasteiger partial charge in [0.15, 0.2) is 6.79 Å². The Bertz CT molecular complexity index is 51.7. The second kappa shape index (κ2) is 2.55. The molecular weight excluding hydrogens is 112 g/mol. The predicted molar refractivity (Wildman–Crippen MR) is 29.0 cm³/mol. The summed E-state index contributed by atoms with van der Waals surface area (Å²) < 4.78 is 9.87. The van der Waals surface area contributed by atoms with Crippen LogP contribution in [0.25, 0.3) is 0 Å². The Morgan fingerprint density at radius 3 is 2.86 bits per heavy atom. The Morgan fingerprint density at radius 2 is 2.57 bits per heavy atom. The zero-order chi connectivity index (χ0) is 5.11. The molecule has 1 heterocycles. The number of hydrogen-bond donors (Lipinski definition) is 0. The summed E-state index contributed by atoms with van der Waals surface area (Å²) in [4.78, 5) is 0. The summed E-state index contributed by atoms with van der Waals surface area (Å²) in [6.07, 6.45) is 0.374.